The second-order valence-electron chi connectivity index (χ2n) is 10.2. The van der Waals surface area contributed by atoms with E-state index in [4.69, 9.17) is 24.7 Å². The predicted octanol–water partition coefficient (Wildman–Crippen LogP) is -2.87. The molecule has 2 saturated heterocycles. The first-order valence-corrected chi connectivity index (χ1v) is 12.7. The zero-order chi connectivity index (χ0) is 31.0. The van der Waals surface area contributed by atoms with Gasteiger partial charge in [-0.2, -0.15) is 10.5 Å². The number of aliphatic hydroxyl groups excluding tert-OH is 6. The molecule has 2 aliphatic rings. The summed E-state index contributed by atoms with van der Waals surface area (Å²) in [4.78, 5) is 0. The van der Waals surface area contributed by atoms with Crippen LogP contribution in [0.5, 0.6) is 11.5 Å². The fourth-order valence-corrected chi connectivity index (χ4v) is 4.63. The molecule has 4 rings (SSSR count). The highest BCUT2D eigenvalue weighted by Crippen LogP contribution is 2.36. The van der Waals surface area contributed by atoms with Crippen molar-refractivity contribution in [2.24, 2.45) is 5.73 Å². The van der Waals surface area contributed by atoms with Gasteiger partial charge in [0.05, 0.1) is 24.3 Å². The summed E-state index contributed by atoms with van der Waals surface area (Å²) in [7, 11) is 0. The van der Waals surface area contributed by atoms with Gasteiger partial charge in [0, 0.05) is 0 Å². The quantitative estimate of drug-likeness (QED) is 0.147. The molecule has 0 bridgehead atoms. The fourth-order valence-electron chi connectivity index (χ4n) is 4.63. The molecule has 10 atom stereocenters. The highest BCUT2D eigenvalue weighted by molar-refractivity contribution is 5.70. The third-order valence-electron chi connectivity index (χ3n) is 7.29. The molecule has 0 saturated carbocycles. The summed E-state index contributed by atoms with van der Waals surface area (Å²) in [5, 5.41) is 100. The number of nitrogens with zero attached hydrogens (tertiary/aromatic N) is 2. The molecule has 2 aromatic rings. The van der Waals surface area contributed by atoms with Gasteiger partial charge in [0.2, 0.25) is 18.3 Å². The van der Waals surface area contributed by atoms with Gasteiger partial charge in [0.1, 0.15) is 60.3 Å². The second-order valence-corrected chi connectivity index (χ2v) is 10.2. The van der Waals surface area contributed by atoms with Gasteiger partial charge in [-0.1, -0.05) is 12.1 Å². The molecule has 0 spiro atoms. The number of nitrogens with two attached hydrogens (primary N) is 1. The zero-order valence-corrected chi connectivity index (χ0v) is 22.2. The van der Waals surface area contributed by atoms with Gasteiger partial charge >= 0.3 is 0 Å². The summed E-state index contributed by atoms with van der Waals surface area (Å²) in [5.74, 6) is -0.144. The summed E-state index contributed by atoms with van der Waals surface area (Å²) >= 11 is 0. The van der Waals surface area contributed by atoms with E-state index in [0.29, 0.717) is 11.1 Å². The Morgan fingerprint density at radius 1 is 0.786 bits per heavy atom. The summed E-state index contributed by atoms with van der Waals surface area (Å²) in [6.45, 7) is -0.210. The molecule has 2 aliphatic heterocycles. The summed E-state index contributed by atoms with van der Waals surface area (Å²) < 4.78 is 22.0. The summed E-state index contributed by atoms with van der Waals surface area (Å²) in [6.07, 6.45) is -12.8. The van der Waals surface area contributed by atoms with Gasteiger partial charge in [0.25, 0.3) is 0 Å². The minimum Gasteiger partial charge on any atom is -0.460 e. The molecule has 42 heavy (non-hydrogen) atoms. The van der Waals surface area contributed by atoms with E-state index in [1.54, 1.807) is 0 Å². The summed E-state index contributed by atoms with van der Waals surface area (Å²) in [5.41, 5.74) is 1.85. The summed E-state index contributed by atoms with van der Waals surface area (Å²) in [6, 6.07) is 12.5. The third kappa shape index (κ3) is 5.64. The van der Waals surface area contributed by atoms with Gasteiger partial charge in [-0.15, -0.1) is 0 Å². The SMILES string of the molecule is C[C@@]1(O)[C@@H](Oc2ccc(-c3ccc(O[C@H]4O[C@H](CO)[C@@H](O)[C@H](O)[C@]4(N)O)c(C#N)c3)cc2C#N)O[C@H](CO)[C@@H](O)[C@@H]1O. The number of nitriles is 2. The molecule has 15 heteroatoms. The molecule has 2 fully saturated rings. The normalized spacial score (nSPS) is 36.5. The van der Waals surface area contributed by atoms with Crippen LogP contribution in [0.2, 0.25) is 0 Å². The molecule has 0 aromatic heterocycles. The van der Waals surface area contributed by atoms with Gasteiger partial charge < -0.3 is 59.8 Å². The number of benzene rings is 2. The van der Waals surface area contributed by atoms with Gasteiger partial charge in [-0.05, 0) is 42.3 Å². The lowest BCUT2D eigenvalue weighted by Gasteiger charge is -2.45. The topological polar surface area (TPSA) is 272 Å². The van der Waals surface area contributed by atoms with Crippen LogP contribution in [0.4, 0.5) is 0 Å². The average molecular weight is 590 g/mol. The van der Waals surface area contributed by atoms with Crippen LogP contribution in [0.15, 0.2) is 36.4 Å². The average Bonchev–Trinajstić information content (AvgIpc) is 2.98. The lowest BCUT2D eigenvalue weighted by molar-refractivity contribution is -0.319. The largest absolute Gasteiger partial charge is 0.460 e. The Balaban J connectivity index is 1.59. The molecule has 0 unspecified atom stereocenters. The predicted molar refractivity (Wildman–Crippen MR) is 138 cm³/mol. The van der Waals surface area contributed by atoms with Crippen molar-refractivity contribution in [2.75, 3.05) is 13.2 Å². The number of aliphatic hydroxyl groups is 8. The Labute approximate surface area is 239 Å². The van der Waals surface area contributed by atoms with Crippen molar-refractivity contribution in [3.63, 3.8) is 0 Å². The van der Waals surface area contributed by atoms with Crippen molar-refractivity contribution in [1.82, 2.24) is 0 Å². The van der Waals surface area contributed by atoms with Crippen LogP contribution in [0, 0.1) is 22.7 Å². The van der Waals surface area contributed by atoms with E-state index in [1.807, 2.05) is 12.1 Å². The first-order valence-electron chi connectivity index (χ1n) is 12.7. The van der Waals surface area contributed by atoms with E-state index < -0.39 is 73.7 Å². The molecule has 15 nitrogen and oxygen atoms in total. The van der Waals surface area contributed by atoms with E-state index in [2.05, 4.69) is 0 Å². The molecule has 0 aliphatic carbocycles. The minimum atomic E-state index is -2.59. The molecule has 2 heterocycles. The molecule has 0 radical (unpaired) electrons. The van der Waals surface area contributed by atoms with E-state index in [9.17, 15) is 51.4 Å². The fraction of sp³-hybridized carbons (Fsp3) is 0.481. The maximum absolute atomic E-state index is 10.7. The van der Waals surface area contributed by atoms with Crippen molar-refractivity contribution in [3.05, 3.63) is 47.5 Å². The minimum absolute atomic E-state index is 0.0155. The zero-order valence-electron chi connectivity index (χ0n) is 22.2. The Morgan fingerprint density at radius 2 is 1.21 bits per heavy atom. The van der Waals surface area contributed by atoms with E-state index in [1.165, 1.54) is 43.3 Å². The monoisotopic (exact) mass is 589 g/mol. The first kappa shape index (κ1) is 31.5. The highest BCUT2D eigenvalue weighted by atomic mass is 16.7. The molecule has 226 valence electrons. The van der Waals surface area contributed by atoms with E-state index in [-0.39, 0.29) is 22.6 Å². The maximum atomic E-state index is 10.7. The van der Waals surface area contributed by atoms with Gasteiger partial charge in [-0.25, -0.2) is 0 Å². The first-order chi connectivity index (χ1) is 19.8. The molecular formula is C27H31N3O12. The Bertz CT molecular complexity index is 1270. The van der Waals surface area contributed by atoms with Crippen molar-refractivity contribution in [1.29, 1.82) is 10.5 Å². The van der Waals surface area contributed by atoms with Crippen molar-refractivity contribution in [2.45, 2.75) is 67.5 Å². The van der Waals surface area contributed by atoms with Crippen molar-refractivity contribution >= 4 is 0 Å². The second kappa shape index (κ2) is 12.1. The van der Waals surface area contributed by atoms with E-state index in [0.717, 1.165) is 0 Å². The van der Waals surface area contributed by atoms with Crippen LogP contribution < -0.4 is 15.2 Å². The highest BCUT2D eigenvalue weighted by Gasteiger charge is 2.55. The van der Waals surface area contributed by atoms with Crippen molar-refractivity contribution < 1.29 is 59.8 Å². The molecule has 2 aromatic carbocycles. The van der Waals surface area contributed by atoms with Gasteiger partial charge in [0.15, 0.2) is 5.60 Å². The van der Waals surface area contributed by atoms with Crippen LogP contribution in [-0.2, 0) is 9.47 Å². The number of rotatable bonds is 7. The van der Waals surface area contributed by atoms with Crippen molar-refractivity contribution in [3.8, 4) is 34.8 Å². The third-order valence-corrected chi connectivity index (χ3v) is 7.29. The van der Waals surface area contributed by atoms with Crippen LogP contribution in [0.1, 0.15) is 18.1 Å². The smallest absolute Gasteiger partial charge is 0.245 e. The van der Waals surface area contributed by atoms with Gasteiger partial charge in [-0.3, -0.25) is 5.73 Å². The standard InChI is InChI=1S/C27H31N3O12/c1-26(37)22(35)20(33)18(10-31)41-24(26)39-16-4-2-12(6-14(16)8-28)13-3-5-17(15(7-13)9-29)40-25-27(30,38)23(36)21(34)19(11-32)42-25/h2-7,18-25,31-38H,10-11,30H2,1H3/t18-,19-,20-,21-,22+,23+,24+,25+,26+,27+/m1/s1. The van der Waals surface area contributed by atoms with Crippen LogP contribution in [-0.4, -0.2) is 115 Å². The Morgan fingerprint density at radius 3 is 1.67 bits per heavy atom. The number of hydrogen-bond donors (Lipinski definition) is 9. The number of hydrogen-bond acceptors (Lipinski definition) is 15. The van der Waals surface area contributed by atoms with Crippen LogP contribution >= 0.6 is 0 Å². The molecular weight excluding hydrogens is 558 g/mol. The molecule has 0 amide bonds. The lowest BCUT2D eigenvalue weighted by Crippen LogP contribution is -2.72. The maximum Gasteiger partial charge on any atom is 0.245 e. The lowest BCUT2D eigenvalue weighted by atomic mass is 9.88. The Kier molecular flexibility index (Phi) is 9.05. The molecule has 10 N–H and O–H groups in total. The Hall–Kier alpha value is -3.42. The van der Waals surface area contributed by atoms with Crippen LogP contribution in [0.25, 0.3) is 11.1 Å². The van der Waals surface area contributed by atoms with Crippen LogP contribution in [0.3, 0.4) is 0 Å². The number of ether oxygens (including phenoxy) is 4. The van der Waals surface area contributed by atoms with E-state index >= 15 is 0 Å².